The van der Waals surface area contributed by atoms with Gasteiger partial charge >= 0.3 is 6.03 Å². The molecule has 0 unspecified atom stereocenters. The summed E-state index contributed by atoms with van der Waals surface area (Å²) in [6.07, 6.45) is 2.42. The Labute approximate surface area is 187 Å². The van der Waals surface area contributed by atoms with Crippen LogP contribution in [-0.2, 0) is 19.4 Å². The second-order valence-corrected chi connectivity index (χ2v) is 7.94. The molecule has 0 saturated carbocycles. The van der Waals surface area contributed by atoms with Gasteiger partial charge in [-0.25, -0.2) is 9.18 Å². The quantitative estimate of drug-likeness (QED) is 0.552. The van der Waals surface area contributed by atoms with Crippen LogP contribution in [0.15, 0.2) is 72.8 Å². The van der Waals surface area contributed by atoms with E-state index in [1.54, 1.807) is 35.2 Å². The number of carbonyl (C=O) groups excluding carboxylic acids is 2. The lowest BCUT2D eigenvalue weighted by Crippen LogP contribution is -2.38. The van der Waals surface area contributed by atoms with Gasteiger partial charge in [-0.2, -0.15) is 0 Å². The standard InChI is InChI=1S/C26H26FN3O2/c27-23-11-8-22-18-30(16-14-21(22)17-23)26(32)29-24-12-9-20(10-13-24)25(31)28-15-4-7-19-5-2-1-3-6-19/h1-3,5-6,8-13,17H,4,7,14-16,18H2,(H,28,31)(H,29,32). The number of urea groups is 1. The third-order valence-corrected chi connectivity index (χ3v) is 5.64. The summed E-state index contributed by atoms with van der Waals surface area (Å²) in [5.74, 6) is -0.377. The first-order valence-corrected chi connectivity index (χ1v) is 10.8. The van der Waals surface area contributed by atoms with E-state index >= 15 is 0 Å². The van der Waals surface area contributed by atoms with E-state index in [4.69, 9.17) is 0 Å². The highest BCUT2D eigenvalue weighted by Crippen LogP contribution is 2.21. The second-order valence-electron chi connectivity index (χ2n) is 7.94. The number of nitrogens with one attached hydrogen (secondary N) is 2. The van der Waals surface area contributed by atoms with Gasteiger partial charge in [0.25, 0.3) is 5.91 Å². The fourth-order valence-corrected chi connectivity index (χ4v) is 3.84. The summed E-state index contributed by atoms with van der Waals surface area (Å²) in [7, 11) is 0. The summed E-state index contributed by atoms with van der Waals surface area (Å²) in [5.41, 5.74) is 4.35. The second kappa shape index (κ2) is 10.1. The Bertz CT molecular complexity index is 1080. The first-order valence-electron chi connectivity index (χ1n) is 10.8. The van der Waals surface area contributed by atoms with Crippen molar-refractivity contribution in [2.45, 2.75) is 25.8 Å². The summed E-state index contributed by atoms with van der Waals surface area (Å²) in [6, 6.07) is 21.5. The molecule has 1 aliphatic heterocycles. The zero-order valence-electron chi connectivity index (χ0n) is 17.8. The van der Waals surface area contributed by atoms with Crippen molar-refractivity contribution < 1.29 is 14.0 Å². The number of hydrogen-bond acceptors (Lipinski definition) is 2. The van der Waals surface area contributed by atoms with Crippen molar-refractivity contribution in [1.29, 1.82) is 0 Å². The minimum atomic E-state index is -0.248. The van der Waals surface area contributed by atoms with Crippen molar-refractivity contribution in [3.05, 3.63) is 101 Å². The van der Waals surface area contributed by atoms with Crippen LogP contribution < -0.4 is 10.6 Å². The van der Waals surface area contributed by atoms with E-state index in [2.05, 4.69) is 22.8 Å². The average Bonchev–Trinajstić information content (AvgIpc) is 2.82. The maximum atomic E-state index is 13.4. The van der Waals surface area contributed by atoms with Crippen molar-refractivity contribution in [2.24, 2.45) is 0 Å². The molecule has 3 aromatic rings. The van der Waals surface area contributed by atoms with Crippen LogP contribution in [0.4, 0.5) is 14.9 Å². The minimum Gasteiger partial charge on any atom is -0.352 e. The molecule has 3 amide bonds. The summed E-state index contributed by atoms with van der Waals surface area (Å²) in [5, 5.41) is 5.80. The average molecular weight is 432 g/mol. The zero-order valence-corrected chi connectivity index (χ0v) is 17.8. The Balaban J connectivity index is 1.24. The number of fused-ring (bicyclic) bond motifs is 1. The molecule has 0 spiro atoms. The number of halogens is 1. The summed E-state index contributed by atoms with van der Waals surface area (Å²) < 4.78 is 13.4. The molecule has 164 valence electrons. The molecule has 4 rings (SSSR count). The topological polar surface area (TPSA) is 61.4 Å². The molecule has 1 aliphatic rings. The van der Waals surface area contributed by atoms with Crippen molar-refractivity contribution in [1.82, 2.24) is 10.2 Å². The molecule has 5 nitrogen and oxygen atoms in total. The number of carbonyl (C=O) groups is 2. The molecule has 32 heavy (non-hydrogen) atoms. The number of hydrogen-bond donors (Lipinski definition) is 2. The minimum absolute atomic E-state index is 0.129. The van der Waals surface area contributed by atoms with Gasteiger partial charge in [0, 0.05) is 30.9 Å². The van der Waals surface area contributed by atoms with Gasteiger partial charge in [0.2, 0.25) is 0 Å². The van der Waals surface area contributed by atoms with Gasteiger partial charge in [-0.1, -0.05) is 36.4 Å². The normalized spacial score (nSPS) is 12.7. The monoisotopic (exact) mass is 431 g/mol. The molecule has 0 saturated heterocycles. The van der Waals surface area contributed by atoms with Gasteiger partial charge in [-0.3, -0.25) is 4.79 Å². The molecule has 0 aliphatic carbocycles. The van der Waals surface area contributed by atoms with Gasteiger partial charge in [0.1, 0.15) is 5.82 Å². The number of aryl methyl sites for hydroxylation is 1. The van der Waals surface area contributed by atoms with Gasteiger partial charge in [-0.15, -0.1) is 0 Å². The molecule has 3 aromatic carbocycles. The van der Waals surface area contributed by atoms with Crippen LogP contribution in [0.1, 0.15) is 33.5 Å². The van der Waals surface area contributed by atoms with Crippen LogP contribution in [0, 0.1) is 5.82 Å². The number of rotatable bonds is 6. The third kappa shape index (κ3) is 5.52. The smallest absolute Gasteiger partial charge is 0.322 e. The predicted molar refractivity (Wildman–Crippen MR) is 123 cm³/mol. The van der Waals surface area contributed by atoms with E-state index in [1.807, 2.05) is 18.2 Å². The lowest BCUT2D eigenvalue weighted by Gasteiger charge is -2.29. The van der Waals surface area contributed by atoms with E-state index in [-0.39, 0.29) is 17.8 Å². The van der Waals surface area contributed by atoms with Gasteiger partial charge < -0.3 is 15.5 Å². The van der Waals surface area contributed by atoms with Crippen LogP contribution in [-0.4, -0.2) is 29.9 Å². The van der Waals surface area contributed by atoms with Crippen LogP contribution in [0.2, 0.25) is 0 Å². The molecule has 0 bridgehead atoms. The summed E-state index contributed by atoms with van der Waals surface area (Å²) in [4.78, 5) is 26.7. The molecule has 0 aromatic heterocycles. The predicted octanol–water partition coefficient (Wildman–Crippen LogP) is 4.78. The highest BCUT2D eigenvalue weighted by Gasteiger charge is 2.21. The lowest BCUT2D eigenvalue weighted by molar-refractivity contribution is 0.0953. The highest BCUT2D eigenvalue weighted by atomic mass is 19.1. The number of benzene rings is 3. The Morgan fingerprint density at radius 2 is 1.72 bits per heavy atom. The van der Waals surface area contributed by atoms with E-state index in [0.29, 0.717) is 37.3 Å². The fraction of sp³-hybridized carbons (Fsp3) is 0.231. The molecule has 0 fully saturated rings. The van der Waals surface area contributed by atoms with Crippen LogP contribution >= 0.6 is 0 Å². The van der Waals surface area contributed by atoms with Gasteiger partial charge in [-0.05, 0) is 72.4 Å². The molecule has 2 N–H and O–H groups in total. The Kier molecular flexibility index (Phi) is 6.80. The molecule has 0 radical (unpaired) electrons. The Morgan fingerprint density at radius 3 is 2.50 bits per heavy atom. The van der Waals surface area contributed by atoms with Crippen LogP contribution in [0.5, 0.6) is 0 Å². The number of nitrogens with zero attached hydrogens (tertiary/aromatic N) is 1. The number of anilines is 1. The van der Waals surface area contributed by atoms with Crippen LogP contribution in [0.3, 0.4) is 0 Å². The molecule has 0 atom stereocenters. The first kappa shape index (κ1) is 21.6. The van der Waals surface area contributed by atoms with E-state index in [9.17, 15) is 14.0 Å². The number of amides is 3. The van der Waals surface area contributed by atoms with Crippen LogP contribution in [0.25, 0.3) is 0 Å². The zero-order chi connectivity index (χ0) is 22.3. The van der Waals surface area contributed by atoms with E-state index in [1.165, 1.54) is 17.7 Å². The molecular formula is C26H26FN3O2. The molecular weight excluding hydrogens is 405 g/mol. The Morgan fingerprint density at radius 1 is 0.938 bits per heavy atom. The molecule has 6 heteroatoms. The summed E-state index contributed by atoms with van der Waals surface area (Å²) >= 11 is 0. The lowest BCUT2D eigenvalue weighted by atomic mass is 10.00. The molecule has 1 heterocycles. The third-order valence-electron chi connectivity index (χ3n) is 5.64. The maximum Gasteiger partial charge on any atom is 0.322 e. The SMILES string of the molecule is O=C(NCCCc1ccccc1)c1ccc(NC(=O)N2CCc3cc(F)ccc3C2)cc1. The Hall–Kier alpha value is -3.67. The van der Waals surface area contributed by atoms with Crippen molar-refractivity contribution >= 4 is 17.6 Å². The van der Waals surface area contributed by atoms with Gasteiger partial charge in [0.05, 0.1) is 0 Å². The largest absolute Gasteiger partial charge is 0.352 e. The van der Waals surface area contributed by atoms with Crippen molar-refractivity contribution in [2.75, 3.05) is 18.4 Å². The highest BCUT2D eigenvalue weighted by molar-refractivity contribution is 5.95. The summed E-state index contributed by atoms with van der Waals surface area (Å²) in [6.45, 7) is 1.59. The van der Waals surface area contributed by atoms with Gasteiger partial charge in [0.15, 0.2) is 0 Å². The van der Waals surface area contributed by atoms with Crippen molar-refractivity contribution in [3.63, 3.8) is 0 Å². The van der Waals surface area contributed by atoms with Crippen molar-refractivity contribution in [3.8, 4) is 0 Å². The maximum absolute atomic E-state index is 13.4. The van der Waals surface area contributed by atoms with E-state index < -0.39 is 0 Å². The fourth-order valence-electron chi connectivity index (χ4n) is 3.84. The first-order chi connectivity index (χ1) is 15.6. The van der Waals surface area contributed by atoms with E-state index in [0.717, 1.165) is 24.0 Å².